The molecule has 0 aliphatic heterocycles. The minimum atomic E-state index is -3.67. The van der Waals surface area contributed by atoms with E-state index >= 15 is 0 Å². The summed E-state index contributed by atoms with van der Waals surface area (Å²) in [6.07, 6.45) is 1.06. The van der Waals surface area contributed by atoms with E-state index in [1.54, 1.807) is 36.4 Å². The molecule has 1 amide bonds. The highest BCUT2D eigenvalue weighted by molar-refractivity contribution is 7.92. The molecule has 3 aromatic carbocycles. The molecule has 0 saturated heterocycles. The molecule has 0 unspecified atom stereocenters. The number of hydrogen-bond donors (Lipinski definition) is 1. The number of nitrogens with zero attached hydrogens (tertiary/aromatic N) is 1. The second kappa shape index (κ2) is 10.5. The van der Waals surface area contributed by atoms with E-state index in [4.69, 9.17) is 4.74 Å². The number of ether oxygens (including phenoxy) is 1. The zero-order valence-corrected chi connectivity index (χ0v) is 19.6. The van der Waals surface area contributed by atoms with Crippen LogP contribution >= 0.6 is 0 Å². The van der Waals surface area contributed by atoms with Crippen LogP contribution in [0.5, 0.6) is 5.75 Å². The molecule has 0 saturated carbocycles. The summed E-state index contributed by atoms with van der Waals surface area (Å²) in [4.78, 5) is 12.7. The summed E-state index contributed by atoms with van der Waals surface area (Å²) < 4.78 is 45.3. The lowest BCUT2D eigenvalue weighted by Crippen LogP contribution is -2.30. The van der Waals surface area contributed by atoms with Crippen LogP contribution in [0.25, 0.3) is 0 Å². The van der Waals surface area contributed by atoms with Gasteiger partial charge in [-0.15, -0.1) is 0 Å². The summed E-state index contributed by atoms with van der Waals surface area (Å²) in [6, 6.07) is 19.5. The Kier molecular flexibility index (Phi) is 7.71. The standard InChI is InChI=1S/C25H27FN2O4S/c1-4-32-23-15-11-19(12-16-23)18(2)27-25(29)20-9-13-22(14-10-20)28(33(3,30)31)17-21-7-5-6-8-24(21)26/h5-16,18H,4,17H2,1-3H3,(H,27,29)/t18-/m0/s1. The number of halogens is 1. The van der Waals surface area contributed by atoms with Gasteiger partial charge in [-0.25, -0.2) is 12.8 Å². The van der Waals surface area contributed by atoms with E-state index < -0.39 is 15.8 Å². The third-order valence-corrected chi connectivity index (χ3v) is 6.27. The van der Waals surface area contributed by atoms with Crippen LogP contribution in [0.15, 0.2) is 72.8 Å². The zero-order valence-electron chi connectivity index (χ0n) is 18.8. The van der Waals surface area contributed by atoms with Gasteiger partial charge in [-0.05, 0) is 61.9 Å². The Labute approximate surface area is 194 Å². The molecule has 0 fully saturated rings. The van der Waals surface area contributed by atoms with Crippen LogP contribution in [0.3, 0.4) is 0 Å². The number of benzene rings is 3. The van der Waals surface area contributed by atoms with Crippen LogP contribution in [-0.4, -0.2) is 27.2 Å². The Morgan fingerprint density at radius 2 is 1.67 bits per heavy atom. The molecule has 1 N–H and O–H groups in total. The fourth-order valence-corrected chi connectivity index (χ4v) is 4.22. The molecule has 0 radical (unpaired) electrons. The Balaban J connectivity index is 1.73. The molecule has 0 aliphatic carbocycles. The highest BCUT2D eigenvalue weighted by atomic mass is 32.2. The summed E-state index contributed by atoms with van der Waals surface area (Å²) in [5, 5.41) is 2.93. The second-order valence-corrected chi connectivity index (χ2v) is 9.51. The van der Waals surface area contributed by atoms with Gasteiger partial charge in [0, 0.05) is 11.1 Å². The topological polar surface area (TPSA) is 75.7 Å². The fourth-order valence-electron chi connectivity index (χ4n) is 3.34. The van der Waals surface area contributed by atoms with Gasteiger partial charge in [-0.3, -0.25) is 9.10 Å². The number of hydrogen-bond acceptors (Lipinski definition) is 4. The Morgan fingerprint density at radius 3 is 2.24 bits per heavy atom. The lowest BCUT2D eigenvalue weighted by molar-refractivity contribution is 0.0940. The summed E-state index contributed by atoms with van der Waals surface area (Å²) in [7, 11) is -3.67. The average Bonchev–Trinajstić information content (AvgIpc) is 2.78. The van der Waals surface area contributed by atoms with Crippen LogP contribution in [0.2, 0.25) is 0 Å². The quantitative estimate of drug-likeness (QED) is 0.493. The smallest absolute Gasteiger partial charge is 0.251 e. The average molecular weight is 471 g/mol. The summed E-state index contributed by atoms with van der Waals surface area (Å²) >= 11 is 0. The van der Waals surface area contributed by atoms with Gasteiger partial charge in [-0.2, -0.15) is 0 Å². The SMILES string of the molecule is CCOc1ccc([C@H](C)NC(=O)c2ccc(N(Cc3ccccc3F)S(C)(=O)=O)cc2)cc1. The van der Waals surface area contributed by atoms with E-state index in [0.29, 0.717) is 17.9 Å². The number of sulfonamides is 1. The maximum atomic E-state index is 14.1. The summed E-state index contributed by atoms with van der Waals surface area (Å²) in [5.74, 6) is -0.00505. The van der Waals surface area contributed by atoms with Crippen molar-refractivity contribution in [1.29, 1.82) is 0 Å². The molecule has 33 heavy (non-hydrogen) atoms. The van der Waals surface area contributed by atoms with Gasteiger partial charge in [0.25, 0.3) is 5.91 Å². The van der Waals surface area contributed by atoms with Crippen molar-refractivity contribution in [2.24, 2.45) is 0 Å². The molecule has 3 aromatic rings. The molecule has 0 heterocycles. The van der Waals surface area contributed by atoms with Gasteiger partial charge in [0.2, 0.25) is 10.0 Å². The van der Waals surface area contributed by atoms with Gasteiger partial charge in [0.1, 0.15) is 11.6 Å². The maximum absolute atomic E-state index is 14.1. The molecule has 1 atom stereocenters. The van der Waals surface area contributed by atoms with Crippen molar-refractivity contribution in [3.63, 3.8) is 0 Å². The number of nitrogens with one attached hydrogen (secondary N) is 1. The molecular formula is C25H27FN2O4S. The highest BCUT2D eigenvalue weighted by Crippen LogP contribution is 2.23. The normalized spacial score (nSPS) is 12.1. The molecule has 8 heteroatoms. The largest absolute Gasteiger partial charge is 0.494 e. The molecule has 0 spiro atoms. The number of carbonyl (C=O) groups is 1. The van der Waals surface area contributed by atoms with E-state index in [1.807, 2.05) is 38.1 Å². The van der Waals surface area contributed by atoms with Crippen molar-refractivity contribution in [3.8, 4) is 5.75 Å². The van der Waals surface area contributed by atoms with Gasteiger partial charge >= 0.3 is 0 Å². The minimum absolute atomic E-state index is 0.147. The van der Waals surface area contributed by atoms with Crippen LogP contribution in [0, 0.1) is 5.82 Å². The third kappa shape index (κ3) is 6.32. The van der Waals surface area contributed by atoms with Gasteiger partial charge in [-0.1, -0.05) is 30.3 Å². The minimum Gasteiger partial charge on any atom is -0.494 e. The van der Waals surface area contributed by atoms with E-state index in [2.05, 4.69) is 5.32 Å². The number of amides is 1. The number of anilines is 1. The first-order chi connectivity index (χ1) is 15.7. The number of carbonyl (C=O) groups excluding carboxylic acids is 1. The zero-order chi connectivity index (χ0) is 24.0. The maximum Gasteiger partial charge on any atom is 0.251 e. The van der Waals surface area contributed by atoms with Crippen molar-refractivity contribution in [2.45, 2.75) is 26.4 Å². The Hall–Kier alpha value is -3.39. The molecule has 0 bridgehead atoms. The summed E-state index contributed by atoms with van der Waals surface area (Å²) in [5.41, 5.74) is 1.92. The van der Waals surface area contributed by atoms with Crippen molar-refractivity contribution in [3.05, 3.63) is 95.3 Å². The van der Waals surface area contributed by atoms with Crippen LogP contribution in [0.4, 0.5) is 10.1 Å². The van der Waals surface area contributed by atoms with Crippen molar-refractivity contribution >= 4 is 21.6 Å². The van der Waals surface area contributed by atoms with E-state index in [9.17, 15) is 17.6 Å². The second-order valence-electron chi connectivity index (χ2n) is 7.61. The number of rotatable bonds is 9. The molecule has 3 rings (SSSR count). The van der Waals surface area contributed by atoms with E-state index in [-0.39, 0.29) is 24.1 Å². The monoisotopic (exact) mass is 470 g/mol. The Bertz CT molecular complexity index is 1200. The third-order valence-electron chi connectivity index (χ3n) is 5.13. The Morgan fingerprint density at radius 1 is 1.03 bits per heavy atom. The van der Waals surface area contributed by atoms with Crippen LogP contribution in [-0.2, 0) is 16.6 Å². The lowest BCUT2D eigenvalue weighted by atomic mass is 10.1. The molecule has 174 valence electrons. The van der Waals surface area contributed by atoms with Gasteiger partial charge in [0.15, 0.2) is 0 Å². The first-order valence-corrected chi connectivity index (χ1v) is 12.4. The molecular weight excluding hydrogens is 443 g/mol. The first-order valence-electron chi connectivity index (χ1n) is 10.5. The van der Waals surface area contributed by atoms with Crippen molar-refractivity contribution in [1.82, 2.24) is 5.32 Å². The predicted molar refractivity (Wildman–Crippen MR) is 127 cm³/mol. The lowest BCUT2D eigenvalue weighted by Gasteiger charge is -2.23. The molecule has 6 nitrogen and oxygen atoms in total. The van der Waals surface area contributed by atoms with E-state index in [0.717, 1.165) is 21.9 Å². The predicted octanol–water partition coefficient (Wildman–Crippen LogP) is 4.68. The van der Waals surface area contributed by atoms with Crippen molar-refractivity contribution in [2.75, 3.05) is 17.2 Å². The fraction of sp³-hybridized carbons (Fsp3) is 0.240. The molecule has 0 aliphatic rings. The van der Waals surface area contributed by atoms with E-state index in [1.165, 1.54) is 12.1 Å². The van der Waals surface area contributed by atoms with Crippen molar-refractivity contribution < 1.29 is 22.3 Å². The molecule has 0 aromatic heterocycles. The highest BCUT2D eigenvalue weighted by Gasteiger charge is 2.20. The van der Waals surface area contributed by atoms with Crippen LogP contribution in [0.1, 0.15) is 41.4 Å². The van der Waals surface area contributed by atoms with Gasteiger partial charge < -0.3 is 10.1 Å². The summed E-state index contributed by atoms with van der Waals surface area (Å²) in [6.45, 7) is 4.23. The first kappa shape index (κ1) is 24.3. The van der Waals surface area contributed by atoms with Gasteiger partial charge in [0.05, 0.1) is 31.1 Å². The van der Waals surface area contributed by atoms with Crippen LogP contribution < -0.4 is 14.4 Å².